The summed E-state index contributed by atoms with van der Waals surface area (Å²) in [5, 5.41) is 45.8. The summed E-state index contributed by atoms with van der Waals surface area (Å²) >= 11 is 0. The van der Waals surface area contributed by atoms with Crippen LogP contribution in [0.5, 0.6) is 23.3 Å². The normalized spacial score (nSPS) is 14.0. The maximum Gasteiger partial charge on any atom is 0.319 e. The van der Waals surface area contributed by atoms with Crippen LogP contribution in [-0.2, 0) is 16.1 Å². The quantitative estimate of drug-likeness (QED) is 0.0699. The van der Waals surface area contributed by atoms with E-state index in [2.05, 4.69) is 30.7 Å². The number of carbonyl (C=O) groups is 2. The molecule has 8 rings (SSSR count). The number of aromatic hydroxyl groups is 3. The van der Waals surface area contributed by atoms with Crippen molar-refractivity contribution >= 4 is 46.3 Å². The van der Waals surface area contributed by atoms with E-state index in [4.69, 9.17) is 14.5 Å². The van der Waals surface area contributed by atoms with Crippen LogP contribution in [0, 0.1) is 5.92 Å². The third-order valence-corrected chi connectivity index (χ3v) is 11.6. The molecule has 0 unspecified atom stereocenters. The first-order chi connectivity index (χ1) is 30.9. The predicted octanol–water partition coefficient (Wildman–Crippen LogP) is 7.01. The molecule has 0 saturated carbocycles. The molecule has 0 bridgehead atoms. The molecule has 332 valence electrons. The van der Waals surface area contributed by atoms with Gasteiger partial charge >= 0.3 is 6.01 Å². The number of hydrogen-bond donors (Lipinski definition) is 5. The molecule has 0 spiro atoms. The van der Waals surface area contributed by atoms with Gasteiger partial charge in [0.2, 0.25) is 11.9 Å². The molecule has 2 aromatic heterocycles. The fourth-order valence-corrected chi connectivity index (χ4v) is 8.11. The molecular weight excluding hydrogens is 817 g/mol. The smallest absolute Gasteiger partial charge is 0.319 e. The van der Waals surface area contributed by atoms with Gasteiger partial charge in [0.05, 0.1) is 54.2 Å². The molecule has 6 aromatic rings. The Labute approximate surface area is 370 Å². The number of para-hydroxylation sites is 1. The number of amides is 2. The number of benzene rings is 4. The van der Waals surface area contributed by atoms with E-state index < -0.39 is 0 Å². The lowest BCUT2D eigenvalue weighted by Gasteiger charge is -2.33. The van der Waals surface area contributed by atoms with Gasteiger partial charge in [-0.3, -0.25) is 9.59 Å². The van der Waals surface area contributed by atoms with Gasteiger partial charge in [0, 0.05) is 57.5 Å². The Hall–Kier alpha value is -7.40. The first-order valence-corrected chi connectivity index (χ1v) is 21.3. The number of piperidine rings is 1. The maximum atomic E-state index is 13.2. The van der Waals surface area contributed by atoms with E-state index in [0.29, 0.717) is 104 Å². The highest BCUT2D eigenvalue weighted by atomic mass is 16.5. The lowest BCUT2D eigenvalue weighted by Crippen LogP contribution is -2.41. The minimum Gasteiger partial charge on any atom is -0.508 e. The molecule has 17 nitrogen and oxygen atoms in total. The summed E-state index contributed by atoms with van der Waals surface area (Å²) in [4.78, 5) is 41.5. The van der Waals surface area contributed by atoms with Crippen molar-refractivity contribution in [3.63, 3.8) is 0 Å². The molecule has 0 radical (unpaired) electrons. The molecule has 0 atom stereocenters. The summed E-state index contributed by atoms with van der Waals surface area (Å²) in [6.45, 7) is 8.69. The molecule has 2 aliphatic rings. The van der Waals surface area contributed by atoms with Crippen molar-refractivity contribution in [2.24, 2.45) is 5.92 Å². The van der Waals surface area contributed by atoms with Crippen LogP contribution in [-0.4, -0.2) is 98.8 Å². The van der Waals surface area contributed by atoms with Crippen LogP contribution in [0.2, 0.25) is 0 Å². The summed E-state index contributed by atoms with van der Waals surface area (Å²) in [6, 6.07) is 23.3. The van der Waals surface area contributed by atoms with Crippen molar-refractivity contribution in [3.05, 3.63) is 102 Å². The molecule has 17 heteroatoms. The van der Waals surface area contributed by atoms with Gasteiger partial charge in [-0.2, -0.15) is 4.98 Å². The third kappa shape index (κ3) is 8.79. The number of ether oxygens (including phenoxy) is 2. The predicted molar refractivity (Wildman–Crippen MR) is 244 cm³/mol. The number of rotatable bonds is 14. The Kier molecular flexibility index (Phi) is 12.5. The van der Waals surface area contributed by atoms with Crippen molar-refractivity contribution in [1.29, 1.82) is 0 Å². The standard InChI is InChI=1S/C47H52N10O7/c1-6-64-41-23-32(15-16-36(41)50-46-49-26-38-43(51-46)54(4)37-10-8-7-9-33(37)45(61)55(38)5)56-20-17-30(18-21-56)44(60)48-19-22-63-27-29-11-13-31(14-12-29)57-42(52-53-47(57)62)35-24-34(28(2)3)39(58)25-40(35)59/h7-16,23-26,28,30,58-59H,6,17-22,27H2,1-5H3,(H,48,60)(H,53,62)(H,49,50,51). The summed E-state index contributed by atoms with van der Waals surface area (Å²) in [5.41, 5.74) is 6.05. The Morgan fingerprint density at radius 3 is 2.38 bits per heavy atom. The highest BCUT2D eigenvalue weighted by molar-refractivity contribution is 6.13. The van der Waals surface area contributed by atoms with Crippen LogP contribution in [0.3, 0.4) is 0 Å². The van der Waals surface area contributed by atoms with Crippen LogP contribution in [0.1, 0.15) is 61.0 Å². The monoisotopic (exact) mass is 868 g/mol. The minimum absolute atomic E-state index is 0.0106. The van der Waals surface area contributed by atoms with Crippen LogP contribution in [0.25, 0.3) is 17.1 Å². The topological polar surface area (TPSA) is 204 Å². The van der Waals surface area contributed by atoms with Crippen LogP contribution in [0.15, 0.2) is 85.1 Å². The minimum atomic E-state index is -0.346. The second-order valence-electron chi connectivity index (χ2n) is 16.1. The number of fused-ring (bicyclic) bond motifs is 2. The van der Waals surface area contributed by atoms with E-state index in [9.17, 15) is 24.9 Å². The van der Waals surface area contributed by atoms with E-state index in [-0.39, 0.29) is 47.0 Å². The van der Waals surface area contributed by atoms with Gasteiger partial charge in [0.25, 0.3) is 5.91 Å². The summed E-state index contributed by atoms with van der Waals surface area (Å²) < 4.78 is 13.4. The first kappa shape index (κ1) is 43.3. The molecular formula is C47H52N10O7. The second kappa shape index (κ2) is 18.5. The van der Waals surface area contributed by atoms with E-state index in [1.807, 2.05) is 87.3 Å². The van der Waals surface area contributed by atoms with E-state index in [1.54, 1.807) is 36.3 Å². The van der Waals surface area contributed by atoms with Gasteiger partial charge < -0.3 is 50.1 Å². The molecule has 2 amide bonds. The fourth-order valence-electron chi connectivity index (χ4n) is 8.11. The van der Waals surface area contributed by atoms with Crippen molar-refractivity contribution in [1.82, 2.24) is 30.0 Å². The number of phenols is 2. The van der Waals surface area contributed by atoms with Gasteiger partial charge in [-0.1, -0.05) is 43.2 Å². The van der Waals surface area contributed by atoms with Gasteiger partial charge in [-0.15, -0.1) is 5.10 Å². The van der Waals surface area contributed by atoms with Crippen LogP contribution >= 0.6 is 0 Å². The summed E-state index contributed by atoms with van der Waals surface area (Å²) in [5.74, 6) is 1.38. The molecule has 0 aliphatic carbocycles. The Balaban J connectivity index is 0.816. The van der Waals surface area contributed by atoms with E-state index >= 15 is 0 Å². The average Bonchev–Trinajstić information content (AvgIpc) is 3.66. The number of phenolic OH excluding ortho intramolecular Hbond substituents is 2. The number of nitrogens with one attached hydrogen (secondary N) is 2. The van der Waals surface area contributed by atoms with Gasteiger partial charge in [0.15, 0.2) is 11.6 Å². The number of carbonyl (C=O) groups excluding carboxylic acids is 2. The molecule has 64 heavy (non-hydrogen) atoms. The van der Waals surface area contributed by atoms with Crippen molar-refractivity contribution in [2.45, 2.75) is 46.1 Å². The van der Waals surface area contributed by atoms with E-state index in [0.717, 1.165) is 16.9 Å². The van der Waals surface area contributed by atoms with Crippen molar-refractivity contribution in [3.8, 4) is 40.3 Å². The van der Waals surface area contributed by atoms with Crippen LogP contribution in [0.4, 0.5) is 34.5 Å². The number of aromatic nitrogens is 5. The Morgan fingerprint density at radius 2 is 1.62 bits per heavy atom. The average molecular weight is 869 g/mol. The summed E-state index contributed by atoms with van der Waals surface area (Å²) in [7, 11) is 3.61. The Morgan fingerprint density at radius 1 is 0.875 bits per heavy atom. The molecule has 4 aromatic carbocycles. The molecule has 1 fully saturated rings. The van der Waals surface area contributed by atoms with Crippen molar-refractivity contribution in [2.75, 3.05) is 67.0 Å². The lowest BCUT2D eigenvalue weighted by atomic mass is 9.95. The van der Waals surface area contributed by atoms with Gasteiger partial charge in [-0.25, -0.2) is 9.55 Å². The second-order valence-corrected chi connectivity index (χ2v) is 16.1. The third-order valence-electron chi connectivity index (χ3n) is 11.6. The fraction of sp³-hybridized carbons (Fsp3) is 0.319. The highest BCUT2D eigenvalue weighted by Gasteiger charge is 2.30. The number of hydrogen-bond acceptors (Lipinski definition) is 14. The molecule has 5 N–H and O–H groups in total. The maximum absolute atomic E-state index is 13.2. The Bertz CT molecular complexity index is 2660. The SMILES string of the molecule is CCOc1cc(N2CCC(C(=O)NCCOCc3ccc(-n4c(O)nnc4-c4cc(C(C)C)c(O)cc4O)cc3)CC2)ccc1Nc1ncc2c(n1)N(C)c1ccccc1C(=O)N2C. The zero-order chi connectivity index (χ0) is 45.1. The molecule has 2 aliphatic heterocycles. The first-order valence-electron chi connectivity index (χ1n) is 21.3. The lowest BCUT2D eigenvalue weighted by molar-refractivity contribution is -0.125. The molecule has 4 heterocycles. The zero-order valence-electron chi connectivity index (χ0n) is 36.4. The van der Waals surface area contributed by atoms with Gasteiger partial charge in [-0.05, 0) is 79.3 Å². The number of anilines is 6. The number of nitrogens with zero attached hydrogens (tertiary/aromatic N) is 8. The molecule has 1 saturated heterocycles. The summed E-state index contributed by atoms with van der Waals surface area (Å²) in [6.07, 6.45) is 3.05. The van der Waals surface area contributed by atoms with Crippen LogP contribution < -0.4 is 30.1 Å². The van der Waals surface area contributed by atoms with Crippen molar-refractivity contribution < 1.29 is 34.4 Å². The highest BCUT2D eigenvalue weighted by Crippen LogP contribution is 2.41. The largest absolute Gasteiger partial charge is 0.508 e. The van der Waals surface area contributed by atoms with Gasteiger partial charge in [0.1, 0.15) is 22.9 Å². The zero-order valence-corrected chi connectivity index (χ0v) is 36.4. The van der Waals surface area contributed by atoms with E-state index in [1.165, 1.54) is 10.6 Å².